The van der Waals surface area contributed by atoms with Crippen molar-refractivity contribution in [1.29, 1.82) is 0 Å². The molecule has 0 aromatic heterocycles. The van der Waals surface area contributed by atoms with Crippen molar-refractivity contribution in [2.45, 2.75) is 45.9 Å². The summed E-state index contributed by atoms with van der Waals surface area (Å²) in [6.07, 6.45) is -0.809. The van der Waals surface area contributed by atoms with E-state index in [1.54, 1.807) is 45.0 Å². The number of ether oxygens (including phenoxy) is 1. The summed E-state index contributed by atoms with van der Waals surface area (Å²) in [5.74, 6) is -1.18. The Morgan fingerprint density at radius 2 is 1.79 bits per heavy atom. The molecule has 0 saturated heterocycles. The second-order valence-electron chi connectivity index (χ2n) is 6.19. The van der Waals surface area contributed by atoms with Gasteiger partial charge in [-0.05, 0) is 33.3 Å². The molecule has 3 N–H and O–H groups in total. The Balaban J connectivity index is 2.84. The number of rotatable bonds is 4. The van der Waals surface area contributed by atoms with Crippen molar-refractivity contribution in [1.82, 2.24) is 15.8 Å². The molecule has 0 spiro atoms. The first-order valence-electron chi connectivity index (χ1n) is 7.43. The number of nitrogens with zero attached hydrogens (tertiary/aromatic N) is 1. The summed E-state index contributed by atoms with van der Waals surface area (Å²) in [7, 11) is 0. The first kappa shape index (κ1) is 19.3. The van der Waals surface area contributed by atoms with Crippen molar-refractivity contribution in [3.05, 3.63) is 35.9 Å². The van der Waals surface area contributed by atoms with Gasteiger partial charge < -0.3 is 15.2 Å². The normalized spacial score (nSPS) is 12.0. The van der Waals surface area contributed by atoms with Crippen LogP contribution in [-0.2, 0) is 16.1 Å². The Labute approximate surface area is 140 Å². The molecule has 0 heterocycles. The molecule has 0 unspecified atom stereocenters. The quantitative estimate of drug-likeness (QED) is 0.729. The monoisotopic (exact) mass is 337 g/mol. The molecular weight excluding hydrogens is 314 g/mol. The molecule has 24 heavy (non-hydrogen) atoms. The number of aliphatic carboxylic acids is 1. The summed E-state index contributed by atoms with van der Waals surface area (Å²) in [5, 5.41) is 12.2. The molecule has 8 heteroatoms. The lowest BCUT2D eigenvalue weighted by Gasteiger charge is -2.27. The van der Waals surface area contributed by atoms with Gasteiger partial charge in [0.1, 0.15) is 11.6 Å². The molecule has 0 aliphatic rings. The van der Waals surface area contributed by atoms with E-state index in [2.05, 4.69) is 10.7 Å². The predicted octanol–water partition coefficient (Wildman–Crippen LogP) is 2.11. The average molecular weight is 337 g/mol. The maximum atomic E-state index is 12.2. The SMILES string of the molecule is C[C@H](NC(=O)N(Cc1ccccc1)NC(=O)OC(C)(C)C)C(=O)O. The highest BCUT2D eigenvalue weighted by Crippen LogP contribution is 2.08. The minimum Gasteiger partial charge on any atom is -0.480 e. The van der Waals surface area contributed by atoms with Gasteiger partial charge in [-0.15, -0.1) is 0 Å². The first-order valence-corrected chi connectivity index (χ1v) is 7.43. The number of nitrogens with one attached hydrogen (secondary N) is 2. The van der Waals surface area contributed by atoms with Crippen molar-refractivity contribution in [2.75, 3.05) is 0 Å². The number of carbonyl (C=O) groups excluding carboxylic acids is 2. The van der Waals surface area contributed by atoms with Crippen LogP contribution in [0.5, 0.6) is 0 Å². The van der Waals surface area contributed by atoms with Gasteiger partial charge in [0.2, 0.25) is 0 Å². The van der Waals surface area contributed by atoms with Crippen LogP contribution in [0.1, 0.15) is 33.3 Å². The molecule has 132 valence electrons. The van der Waals surface area contributed by atoms with Crippen LogP contribution in [0.15, 0.2) is 30.3 Å². The van der Waals surface area contributed by atoms with Gasteiger partial charge in [-0.3, -0.25) is 4.79 Å². The number of hydrogen-bond acceptors (Lipinski definition) is 4. The average Bonchev–Trinajstić information content (AvgIpc) is 2.45. The summed E-state index contributed by atoms with van der Waals surface area (Å²) in [5.41, 5.74) is 2.36. The standard InChI is InChI=1S/C16H23N3O5/c1-11(13(20)21)17-14(22)19(10-12-8-6-5-7-9-12)18-15(23)24-16(2,3)4/h5-9,11H,10H2,1-4H3,(H,17,22)(H,18,23)(H,20,21)/t11-/m0/s1. The third-order valence-electron chi connectivity index (χ3n) is 2.76. The van der Waals surface area contributed by atoms with Gasteiger partial charge in [-0.1, -0.05) is 30.3 Å². The topological polar surface area (TPSA) is 108 Å². The number of benzene rings is 1. The number of hydrazine groups is 1. The van der Waals surface area contributed by atoms with Crippen LogP contribution < -0.4 is 10.7 Å². The molecule has 0 bridgehead atoms. The summed E-state index contributed by atoms with van der Waals surface area (Å²) in [4.78, 5) is 35.0. The van der Waals surface area contributed by atoms with Crippen LogP contribution >= 0.6 is 0 Å². The number of carboxylic acids is 1. The van der Waals surface area contributed by atoms with E-state index in [9.17, 15) is 14.4 Å². The predicted molar refractivity (Wildman–Crippen MR) is 87.0 cm³/mol. The molecule has 1 atom stereocenters. The molecular formula is C16H23N3O5. The third kappa shape index (κ3) is 6.99. The highest BCUT2D eigenvalue weighted by Gasteiger charge is 2.24. The summed E-state index contributed by atoms with van der Waals surface area (Å²) in [6, 6.07) is 7.10. The third-order valence-corrected chi connectivity index (χ3v) is 2.76. The van der Waals surface area contributed by atoms with Gasteiger partial charge in [0.05, 0.1) is 6.54 Å². The van der Waals surface area contributed by atoms with E-state index >= 15 is 0 Å². The zero-order chi connectivity index (χ0) is 18.3. The Morgan fingerprint density at radius 1 is 1.21 bits per heavy atom. The van der Waals surface area contributed by atoms with Crippen LogP contribution in [0, 0.1) is 0 Å². The Hall–Kier alpha value is -2.77. The van der Waals surface area contributed by atoms with Crippen LogP contribution in [0.2, 0.25) is 0 Å². The van der Waals surface area contributed by atoms with Crippen molar-refractivity contribution in [3.63, 3.8) is 0 Å². The van der Waals surface area contributed by atoms with Gasteiger partial charge in [-0.2, -0.15) is 0 Å². The van der Waals surface area contributed by atoms with Crippen LogP contribution in [0.3, 0.4) is 0 Å². The lowest BCUT2D eigenvalue weighted by molar-refractivity contribution is -0.138. The van der Waals surface area contributed by atoms with E-state index in [1.807, 2.05) is 6.07 Å². The second kappa shape index (κ2) is 8.19. The molecule has 0 fully saturated rings. The second-order valence-corrected chi connectivity index (χ2v) is 6.19. The number of carbonyl (C=O) groups is 3. The Morgan fingerprint density at radius 3 is 2.29 bits per heavy atom. The van der Waals surface area contributed by atoms with E-state index in [4.69, 9.17) is 9.84 Å². The van der Waals surface area contributed by atoms with Crippen molar-refractivity contribution in [2.24, 2.45) is 0 Å². The fraction of sp³-hybridized carbons (Fsp3) is 0.438. The lowest BCUT2D eigenvalue weighted by Crippen LogP contribution is -2.54. The molecule has 8 nitrogen and oxygen atoms in total. The van der Waals surface area contributed by atoms with Crippen LogP contribution in [0.25, 0.3) is 0 Å². The molecule has 1 aromatic carbocycles. The molecule has 0 aliphatic carbocycles. The van der Waals surface area contributed by atoms with E-state index in [1.165, 1.54) is 6.92 Å². The number of hydrogen-bond donors (Lipinski definition) is 3. The number of carboxylic acid groups (broad SMARTS) is 1. The Kier molecular flexibility index (Phi) is 6.58. The minimum absolute atomic E-state index is 0.0538. The Bertz CT molecular complexity index is 583. The summed E-state index contributed by atoms with van der Waals surface area (Å²) < 4.78 is 5.12. The fourth-order valence-electron chi connectivity index (χ4n) is 1.66. The smallest absolute Gasteiger partial charge is 0.426 e. The van der Waals surface area contributed by atoms with Crippen molar-refractivity contribution >= 4 is 18.1 Å². The maximum Gasteiger partial charge on any atom is 0.426 e. The van der Waals surface area contributed by atoms with E-state index in [0.29, 0.717) is 0 Å². The van der Waals surface area contributed by atoms with Gasteiger partial charge in [-0.25, -0.2) is 20.0 Å². The highest BCUT2D eigenvalue weighted by atomic mass is 16.6. The first-order chi connectivity index (χ1) is 11.1. The minimum atomic E-state index is -1.18. The highest BCUT2D eigenvalue weighted by molar-refractivity contribution is 5.83. The summed E-state index contributed by atoms with van der Waals surface area (Å²) >= 11 is 0. The fourth-order valence-corrected chi connectivity index (χ4v) is 1.66. The molecule has 0 radical (unpaired) electrons. The maximum absolute atomic E-state index is 12.2. The largest absolute Gasteiger partial charge is 0.480 e. The summed E-state index contributed by atoms with van der Waals surface area (Å²) in [6.45, 7) is 6.47. The molecule has 0 aliphatic heterocycles. The van der Waals surface area contributed by atoms with E-state index in [0.717, 1.165) is 10.6 Å². The number of amides is 3. The zero-order valence-electron chi connectivity index (χ0n) is 14.2. The van der Waals surface area contributed by atoms with Crippen LogP contribution in [-0.4, -0.2) is 39.9 Å². The lowest BCUT2D eigenvalue weighted by atomic mass is 10.2. The van der Waals surface area contributed by atoms with Gasteiger partial charge in [0, 0.05) is 0 Å². The molecule has 3 amide bonds. The van der Waals surface area contributed by atoms with E-state index in [-0.39, 0.29) is 6.54 Å². The van der Waals surface area contributed by atoms with Gasteiger partial charge >= 0.3 is 18.1 Å². The molecule has 1 rings (SSSR count). The molecule has 1 aromatic rings. The van der Waals surface area contributed by atoms with Gasteiger partial charge in [0.25, 0.3) is 0 Å². The van der Waals surface area contributed by atoms with Crippen molar-refractivity contribution in [3.8, 4) is 0 Å². The molecule has 0 saturated carbocycles. The van der Waals surface area contributed by atoms with E-state index < -0.39 is 29.7 Å². The van der Waals surface area contributed by atoms with Crippen molar-refractivity contribution < 1.29 is 24.2 Å². The van der Waals surface area contributed by atoms with Crippen LogP contribution in [0.4, 0.5) is 9.59 Å². The number of urea groups is 1. The van der Waals surface area contributed by atoms with Gasteiger partial charge in [0.15, 0.2) is 0 Å². The zero-order valence-corrected chi connectivity index (χ0v) is 14.2.